The summed E-state index contributed by atoms with van der Waals surface area (Å²) in [6, 6.07) is 11.6. The molecule has 0 unspecified atom stereocenters. The van der Waals surface area contributed by atoms with E-state index in [0.717, 1.165) is 11.4 Å². The first kappa shape index (κ1) is 28.7. The molecule has 0 bridgehead atoms. The minimum absolute atomic E-state index is 0.0688. The number of nitrogens with zero attached hydrogens (tertiary/aromatic N) is 4. The maximum Gasteiger partial charge on any atom is 0.308 e. The van der Waals surface area contributed by atoms with Gasteiger partial charge in [0.15, 0.2) is 22.5 Å². The van der Waals surface area contributed by atoms with Gasteiger partial charge in [0.1, 0.15) is 0 Å². The number of esters is 1. The molecule has 1 heterocycles. The van der Waals surface area contributed by atoms with Gasteiger partial charge in [0.25, 0.3) is 5.91 Å². The number of ether oxygens (including phenoxy) is 3. The molecule has 0 atom stereocenters. The van der Waals surface area contributed by atoms with Crippen LogP contribution in [0.1, 0.15) is 45.7 Å². The first-order valence-corrected chi connectivity index (χ1v) is 13.0. The molecule has 2 aromatic carbocycles. The molecule has 0 spiro atoms. The molecule has 202 valence electrons. The van der Waals surface area contributed by atoms with Gasteiger partial charge in [0, 0.05) is 24.6 Å². The summed E-state index contributed by atoms with van der Waals surface area (Å²) in [5, 5.41) is 13.3. The Labute approximate surface area is 226 Å². The fraction of sp³-hybridized carbons (Fsp3) is 0.370. The lowest BCUT2D eigenvalue weighted by Crippen LogP contribution is -2.20. The van der Waals surface area contributed by atoms with Gasteiger partial charge in [-0.05, 0) is 30.0 Å². The van der Waals surface area contributed by atoms with Crippen molar-refractivity contribution in [3.63, 3.8) is 0 Å². The van der Waals surface area contributed by atoms with E-state index in [0.29, 0.717) is 28.8 Å². The number of thioether (sulfide) groups is 1. The number of benzene rings is 2. The van der Waals surface area contributed by atoms with E-state index >= 15 is 0 Å². The van der Waals surface area contributed by atoms with Crippen LogP contribution in [0, 0.1) is 0 Å². The van der Waals surface area contributed by atoms with E-state index in [4.69, 9.17) is 14.2 Å². The minimum atomic E-state index is -0.503. The number of aromatic nitrogens is 3. The van der Waals surface area contributed by atoms with E-state index in [2.05, 4.69) is 65.8 Å². The van der Waals surface area contributed by atoms with Crippen LogP contribution in [0.3, 0.4) is 0 Å². The highest BCUT2D eigenvalue weighted by Gasteiger charge is 2.18. The van der Waals surface area contributed by atoms with Crippen molar-refractivity contribution in [1.29, 1.82) is 0 Å². The molecule has 0 aliphatic rings. The fourth-order valence-corrected chi connectivity index (χ4v) is 4.37. The molecule has 0 fully saturated rings. The number of carbonyl (C=O) groups is 2. The Hall–Kier alpha value is -3.86. The average molecular weight is 540 g/mol. The highest BCUT2D eigenvalue weighted by molar-refractivity contribution is 7.99. The van der Waals surface area contributed by atoms with Gasteiger partial charge in [-0.1, -0.05) is 56.8 Å². The zero-order valence-corrected chi connectivity index (χ0v) is 23.5. The topological polar surface area (TPSA) is 117 Å². The summed E-state index contributed by atoms with van der Waals surface area (Å²) < 4.78 is 17.8. The van der Waals surface area contributed by atoms with E-state index < -0.39 is 5.97 Å². The lowest BCUT2D eigenvalue weighted by atomic mass is 9.87. The molecule has 0 saturated heterocycles. The van der Waals surface area contributed by atoms with Gasteiger partial charge in [-0.3, -0.25) is 9.59 Å². The van der Waals surface area contributed by atoms with Crippen LogP contribution in [0.15, 0.2) is 46.7 Å². The highest BCUT2D eigenvalue weighted by Crippen LogP contribution is 2.38. The Kier molecular flexibility index (Phi) is 9.51. The number of methoxy groups -OCH3 is 2. The minimum Gasteiger partial charge on any atom is -0.493 e. The van der Waals surface area contributed by atoms with Crippen LogP contribution < -0.4 is 19.6 Å². The molecule has 1 aromatic heterocycles. The van der Waals surface area contributed by atoms with Crippen LogP contribution >= 0.6 is 11.8 Å². The summed E-state index contributed by atoms with van der Waals surface area (Å²) >= 11 is 1.28. The number of hydrogen-bond acceptors (Lipinski definition) is 9. The monoisotopic (exact) mass is 539 g/mol. The third kappa shape index (κ3) is 7.12. The summed E-state index contributed by atoms with van der Waals surface area (Å²) in [4.78, 5) is 23.8. The zero-order valence-electron chi connectivity index (χ0n) is 22.7. The second kappa shape index (κ2) is 12.6. The van der Waals surface area contributed by atoms with E-state index in [1.54, 1.807) is 12.1 Å². The maximum atomic E-state index is 12.4. The predicted octanol–water partition coefficient (Wildman–Crippen LogP) is 4.45. The summed E-state index contributed by atoms with van der Waals surface area (Å²) in [7, 11) is 2.89. The van der Waals surface area contributed by atoms with Crippen LogP contribution in [0.5, 0.6) is 17.2 Å². The predicted molar refractivity (Wildman–Crippen MR) is 147 cm³/mol. The van der Waals surface area contributed by atoms with E-state index in [-0.39, 0.29) is 22.8 Å². The van der Waals surface area contributed by atoms with E-state index in [9.17, 15) is 9.59 Å². The number of hydrogen-bond donors (Lipinski definition) is 1. The Morgan fingerprint density at radius 1 is 1.08 bits per heavy atom. The molecule has 3 aromatic rings. The average Bonchev–Trinajstić information content (AvgIpc) is 3.30. The van der Waals surface area contributed by atoms with Crippen molar-refractivity contribution in [2.24, 2.45) is 5.10 Å². The molecule has 11 heteroatoms. The molecule has 0 aliphatic heterocycles. The van der Waals surface area contributed by atoms with Gasteiger partial charge in [-0.25, -0.2) is 5.43 Å². The molecule has 0 saturated carbocycles. The van der Waals surface area contributed by atoms with Crippen molar-refractivity contribution in [3.8, 4) is 28.6 Å². The molecule has 0 aliphatic carbocycles. The van der Waals surface area contributed by atoms with Gasteiger partial charge >= 0.3 is 5.97 Å². The number of nitrogens with one attached hydrogen (secondary N) is 1. The Balaban J connectivity index is 1.64. The van der Waals surface area contributed by atoms with Crippen molar-refractivity contribution < 1.29 is 23.8 Å². The van der Waals surface area contributed by atoms with Crippen LogP contribution in [-0.4, -0.2) is 52.8 Å². The summed E-state index contributed by atoms with van der Waals surface area (Å²) in [6.45, 7) is 10.5. The summed E-state index contributed by atoms with van der Waals surface area (Å²) in [5.74, 6) is 0.826. The van der Waals surface area contributed by atoms with Crippen molar-refractivity contribution in [1.82, 2.24) is 20.2 Å². The Bertz CT molecular complexity index is 1290. The second-order valence-electron chi connectivity index (χ2n) is 9.31. The normalized spacial score (nSPS) is 11.4. The van der Waals surface area contributed by atoms with Gasteiger partial charge < -0.3 is 18.8 Å². The number of hydrazone groups is 1. The van der Waals surface area contributed by atoms with Gasteiger partial charge in [0.2, 0.25) is 5.75 Å². The van der Waals surface area contributed by atoms with E-state index in [1.165, 1.54) is 44.7 Å². The van der Waals surface area contributed by atoms with Crippen molar-refractivity contribution >= 4 is 29.9 Å². The zero-order chi connectivity index (χ0) is 27.9. The van der Waals surface area contributed by atoms with Crippen LogP contribution in [0.4, 0.5) is 0 Å². The summed E-state index contributed by atoms with van der Waals surface area (Å²) in [5.41, 5.74) is 5.37. The third-order valence-electron chi connectivity index (χ3n) is 5.51. The molecule has 38 heavy (non-hydrogen) atoms. The Morgan fingerprint density at radius 2 is 1.71 bits per heavy atom. The smallest absolute Gasteiger partial charge is 0.308 e. The molecule has 3 rings (SSSR count). The maximum absolute atomic E-state index is 12.4. The van der Waals surface area contributed by atoms with Gasteiger partial charge in [-0.2, -0.15) is 5.10 Å². The van der Waals surface area contributed by atoms with Crippen molar-refractivity contribution in [2.45, 2.75) is 51.7 Å². The first-order chi connectivity index (χ1) is 18.1. The lowest BCUT2D eigenvalue weighted by molar-refractivity contribution is -0.132. The quantitative estimate of drug-likeness (QED) is 0.132. The third-order valence-corrected chi connectivity index (χ3v) is 6.47. The van der Waals surface area contributed by atoms with Gasteiger partial charge in [-0.15, -0.1) is 10.2 Å². The first-order valence-electron chi connectivity index (χ1n) is 12.0. The molecule has 1 N–H and O–H groups in total. The number of rotatable bonds is 10. The van der Waals surface area contributed by atoms with Crippen LogP contribution in [-0.2, 0) is 21.5 Å². The number of carbonyl (C=O) groups excluding carboxylic acids is 2. The largest absolute Gasteiger partial charge is 0.493 e. The molecule has 0 radical (unpaired) electrons. The number of amides is 1. The standard InChI is InChI=1S/C27H33N5O5S/c1-8-32-25(19-9-11-20(12-10-19)27(3,4)5)30-31-26(32)38-16-23(34)29-28-15-18-13-21(35-6)24(37-17(2)33)22(14-18)36-7/h9-15H,8,16H2,1-7H3,(H,29,34)/b28-15+. The summed E-state index contributed by atoms with van der Waals surface area (Å²) in [6.07, 6.45) is 1.44. The highest BCUT2D eigenvalue weighted by atomic mass is 32.2. The second-order valence-corrected chi connectivity index (χ2v) is 10.3. The SMILES string of the molecule is CCn1c(SCC(=O)N/N=C/c2cc(OC)c(OC(C)=O)c(OC)c2)nnc1-c1ccc(C(C)(C)C)cc1. The molecular formula is C27H33N5O5S. The molecule has 10 nitrogen and oxygen atoms in total. The molecule has 1 amide bonds. The van der Waals surface area contributed by atoms with Crippen LogP contribution in [0.25, 0.3) is 11.4 Å². The molecular weight excluding hydrogens is 506 g/mol. The van der Waals surface area contributed by atoms with E-state index in [1.807, 2.05) is 11.5 Å². The van der Waals surface area contributed by atoms with Gasteiger partial charge in [0.05, 0.1) is 26.2 Å². The van der Waals surface area contributed by atoms with Crippen molar-refractivity contribution in [2.75, 3.05) is 20.0 Å². The van der Waals surface area contributed by atoms with Crippen molar-refractivity contribution in [3.05, 3.63) is 47.5 Å². The Morgan fingerprint density at radius 3 is 2.24 bits per heavy atom. The lowest BCUT2D eigenvalue weighted by Gasteiger charge is -2.19. The van der Waals surface area contributed by atoms with Crippen LogP contribution in [0.2, 0.25) is 0 Å². The fourth-order valence-electron chi connectivity index (χ4n) is 3.57.